The lowest BCUT2D eigenvalue weighted by atomic mass is 10.1. The zero-order valence-electron chi connectivity index (χ0n) is 13.9. The minimum absolute atomic E-state index is 0.0812. The van der Waals surface area contributed by atoms with Gasteiger partial charge in [0.05, 0.1) is 17.4 Å². The molecular weight excluding hydrogens is 318 g/mol. The van der Waals surface area contributed by atoms with E-state index in [1.54, 1.807) is 38.4 Å². The maximum absolute atomic E-state index is 12.5. The molecule has 0 bridgehead atoms. The van der Waals surface area contributed by atoms with Crippen molar-refractivity contribution in [2.45, 2.75) is 13.0 Å². The van der Waals surface area contributed by atoms with Crippen molar-refractivity contribution in [3.8, 4) is 11.4 Å². The molecule has 1 N–H and O–H groups in total. The van der Waals surface area contributed by atoms with Crippen LogP contribution in [0.5, 0.6) is 0 Å². The largest absolute Gasteiger partial charge is 0.346 e. The molecule has 0 saturated carbocycles. The lowest BCUT2D eigenvalue weighted by Crippen LogP contribution is -2.31. The summed E-state index contributed by atoms with van der Waals surface area (Å²) >= 11 is 0. The topological polar surface area (TPSA) is 89.8 Å². The molecule has 2 aromatic heterocycles. The van der Waals surface area contributed by atoms with Gasteiger partial charge >= 0.3 is 0 Å². The molecule has 1 atom stereocenters. The number of nitrogens with one attached hydrogen (secondary N) is 1. The highest BCUT2D eigenvalue weighted by Gasteiger charge is 2.17. The molecule has 0 amide bonds. The molecule has 1 aromatic carbocycles. The Labute approximate surface area is 144 Å². The van der Waals surface area contributed by atoms with Crippen molar-refractivity contribution in [2.24, 2.45) is 7.05 Å². The van der Waals surface area contributed by atoms with Gasteiger partial charge in [-0.15, -0.1) is 0 Å². The lowest BCUT2D eigenvalue weighted by Gasteiger charge is -2.16. The molecule has 0 spiro atoms. The summed E-state index contributed by atoms with van der Waals surface area (Å²) < 4.78 is 1.36. The number of carbonyl (C=O) groups is 1. The van der Waals surface area contributed by atoms with Gasteiger partial charge in [0, 0.05) is 24.9 Å². The van der Waals surface area contributed by atoms with E-state index in [9.17, 15) is 9.59 Å². The molecule has 0 radical (unpaired) electrons. The fourth-order valence-electron chi connectivity index (χ4n) is 2.35. The van der Waals surface area contributed by atoms with E-state index in [0.29, 0.717) is 22.9 Å². The Hall–Kier alpha value is -3.35. The van der Waals surface area contributed by atoms with Gasteiger partial charge < -0.3 is 5.32 Å². The van der Waals surface area contributed by atoms with Gasteiger partial charge in [0.2, 0.25) is 5.95 Å². The SMILES string of the molecule is CC(Nc1nc(-c2ccncn2)cc(=O)n1C)C(=O)c1ccccc1. The Balaban J connectivity index is 1.91. The molecule has 7 nitrogen and oxygen atoms in total. The molecule has 7 heteroatoms. The molecular formula is C18H17N5O2. The summed E-state index contributed by atoms with van der Waals surface area (Å²) in [6, 6.07) is 11.5. The van der Waals surface area contributed by atoms with Crippen LogP contribution < -0.4 is 10.9 Å². The maximum Gasteiger partial charge on any atom is 0.255 e. The molecule has 25 heavy (non-hydrogen) atoms. The van der Waals surface area contributed by atoms with Crippen molar-refractivity contribution < 1.29 is 4.79 Å². The molecule has 0 aliphatic heterocycles. The van der Waals surface area contributed by atoms with E-state index in [2.05, 4.69) is 20.3 Å². The lowest BCUT2D eigenvalue weighted by molar-refractivity contribution is 0.0975. The Morgan fingerprint density at radius 2 is 1.92 bits per heavy atom. The minimum Gasteiger partial charge on any atom is -0.346 e. The fraction of sp³-hybridized carbons (Fsp3) is 0.167. The monoisotopic (exact) mass is 335 g/mol. The van der Waals surface area contributed by atoms with Gasteiger partial charge in [0.25, 0.3) is 5.56 Å². The predicted octanol–water partition coefficient (Wildman–Crippen LogP) is 1.92. The number of nitrogens with zero attached hydrogens (tertiary/aromatic N) is 4. The molecule has 1 unspecified atom stereocenters. The van der Waals surface area contributed by atoms with Crippen LogP contribution in [0.15, 0.2) is 59.8 Å². The zero-order chi connectivity index (χ0) is 17.8. The van der Waals surface area contributed by atoms with E-state index in [1.165, 1.54) is 17.0 Å². The first-order chi connectivity index (χ1) is 12.1. The average Bonchev–Trinajstić information content (AvgIpc) is 2.66. The number of aromatic nitrogens is 4. The fourth-order valence-corrected chi connectivity index (χ4v) is 2.35. The van der Waals surface area contributed by atoms with Crippen LogP contribution in [0, 0.1) is 0 Å². The van der Waals surface area contributed by atoms with Gasteiger partial charge in [-0.25, -0.2) is 15.0 Å². The van der Waals surface area contributed by atoms with Crippen molar-refractivity contribution in [1.29, 1.82) is 0 Å². The van der Waals surface area contributed by atoms with E-state index in [4.69, 9.17) is 0 Å². The van der Waals surface area contributed by atoms with Crippen LogP contribution in [0.2, 0.25) is 0 Å². The molecule has 0 aliphatic rings. The highest BCUT2D eigenvalue weighted by Crippen LogP contribution is 2.14. The third-order valence-electron chi connectivity index (χ3n) is 3.78. The molecule has 2 heterocycles. The maximum atomic E-state index is 12.5. The van der Waals surface area contributed by atoms with Crippen LogP contribution in [-0.2, 0) is 7.05 Å². The third kappa shape index (κ3) is 3.60. The number of Topliss-reactive ketones (excluding diaryl/α,β-unsaturated/α-hetero) is 1. The summed E-state index contributed by atoms with van der Waals surface area (Å²) in [6.07, 6.45) is 2.97. The van der Waals surface area contributed by atoms with Crippen LogP contribution in [0.3, 0.4) is 0 Å². The number of benzene rings is 1. The smallest absolute Gasteiger partial charge is 0.255 e. The number of carbonyl (C=O) groups excluding carboxylic acids is 1. The molecule has 0 fully saturated rings. The van der Waals surface area contributed by atoms with Crippen LogP contribution in [0.25, 0.3) is 11.4 Å². The Bertz CT molecular complexity index is 939. The number of rotatable bonds is 5. The number of ketones is 1. The van der Waals surface area contributed by atoms with E-state index in [0.717, 1.165) is 0 Å². The number of anilines is 1. The van der Waals surface area contributed by atoms with Crippen LogP contribution in [0.4, 0.5) is 5.95 Å². The summed E-state index contributed by atoms with van der Waals surface area (Å²) in [6.45, 7) is 1.73. The number of hydrogen-bond donors (Lipinski definition) is 1. The highest BCUT2D eigenvalue weighted by molar-refractivity contribution is 6.01. The second-order valence-corrected chi connectivity index (χ2v) is 5.55. The van der Waals surface area contributed by atoms with E-state index in [-0.39, 0.29) is 11.3 Å². The summed E-state index contributed by atoms with van der Waals surface area (Å²) in [5.41, 5.74) is 1.31. The Morgan fingerprint density at radius 1 is 1.16 bits per heavy atom. The molecule has 0 aliphatic carbocycles. The highest BCUT2D eigenvalue weighted by atomic mass is 16.1. The first kappa shape index (κ1) is 16.5. The molecule has 3 aromatic rings. The predicted molar refractivity (Wildman–Crippen MR) is 94.4 cm³/mol. The van der Waals surface area contributed by atoms with Gasteiger partial charge in [0.1, 0.15) is 6.33 Å². The van der Waals surface area contributed by atoms with E-state index < -0.39 is 6.04 Å². The van der Waals surface area contributed by atoms with E-state index in [1.807, 2.05) is 18.2 Å². The van der Waals surface area contributed by atoms with Crippen molar-refractivity contribution in [2.75, 3.05) is 5.32 Å². The standard InChI is InChI=1S/C18H17N5O2/c1-12(17(25)13-6-4-3-5-7-13)21-18-22-15(10-16(24)23(18)2)14-8-9-19-11-20-14/h3-12H,1-2H3,(H,21,22). The normalized spacial score (nSPS) is 11.8. The first-order valence-electron chi connectivity index (χ1n) is 7.76. The van der Waals surface area contributed by atoms with Crippen LogP contribution in [0.1, 0.15) is 17.3 Å². The Kier molecular flexibility index (Phi) is 4.65. The van der Waals surface area contributed by atoms with Crippen molar-refractivity contribution in [1.82, 2.24) is 19.5 Å². The number of hydrogen-bond acceptors (Lipinski definition) is 6. The first-order valence-corrected chi connectivity index (χ1v) is 7.76. The Morgan fingerprint density at radius 3 is 2.60 bits per heavy atom. The van der Waals surface area contributed by atoms with E-state index >= 15 is 0 Å². The molecule has 3 rings (SSSR count). The minimum atomic E-state index is -0.541. The summed E-state index contributed by atoms with van der Waals surface area (Å²) in [4.78, 5) is 37.1. The van der Waals surface area contributed by atoms with Crippen LogP contribution >= 0.6 is 0 Å². The third-order valence-corrected chi connectivity index (χ3v) is 3.78. The summed E-state index contributed by atoms with van der Waals surface area (Å²) in [5.74, 6) is 0.222. The molecule has 0 saturated heterocycles. The second-order valence-electron chi connectivity index (χ2n) is 5.55. The average molecular weight is 335 g/mol. The summed E-state index contributed by atoms with van der Waals surface area (Å²) in [7, 11) is 1.60. The molecule has 126 valence electrons. The van der Waals surface area contributed by atoms with Crippen LogP contribution in [-0.4, -0.2) is 31.3 Å². The quantitative estimate of drug-likeness (QED) is 0.717. The second kappa shape index (κ2) is 7.04. The van der Waals surface area contributed by atoms with Gasteiger partial charge in [-0.2, -0.15) is 0 Å². The summed E-state index contributed by atoms with van der Waals surface area (Å²) in [5, 5.41) is 3.02. The zero-order valence-corrected chi connectivity index (χ0v) is 13.9. The van der Waals surface area contributed by atoms with Crippen molar-refractivity contribution in [3.05, 3.63) is 70.9 Å². The van der Waals surface area contributed by atoms with Crippen molar-refractivity contribution in [3.63, 3.8) is 0 Å². The van der Waals surface area contributed by atoms with Gasteiger partial charge in [-0.1, -0.05) is 30.3 Å². The van der Waals surface area contributed by atoms with Gasteiger partial charge in [-0.05, 0) is 13.0 Å². The van der Waals surface area contributed by atoms with Gasteiger partial charge in [0.15, 0.2) is 5.78 Å². The van der Waals surface area contributed by atoms with Gasteiger partial charge in [-0.3, -0.25) is 14.2 Å². The van der Waals surface area contributed by atoms with Crippen molar-refractivity contribution >= 4 is 11.7 Å².